The van der Waals surface area contributed by atoms with Crippen LogP contribution in [-0.4, -0.2) is 82.8 Å². The van der Waals surface area contributed by atoms with Gasteiger partial charge in [-0.1, -0.05) is 181 Å². The van der Waals surface area contributed by atoms with Crippen molar-refractivity contribution < 1.29 is 39.4 Å². The standard InChI is InChI=1S/C42H82O8/c1-4-6-8-10-12-14-16-17-18-20-22-24-26-28-30-37(43)50-36(34-49-42-40(46)38(44)39(45)41(42)47)33-48-32-31-35(3)29-27-25-23-21-19-15-13-11-9-7-5-2/h35-36,38-42,44-47H,4-34H2,1-3H3/t35?,36?,38-,39+,40-,41+,42?. The molecule has 1 fully saturated rings. The highest BCUT2D eigenvalue weighted by molar-refractivity contribution is 5.69. The summed E-state index contributed by atoms with van der Waals surface area (Å²) in [6.45, 7) is 7.39. The van der Waals surface area contributed by atoms with Gasteiger partial charge in [-0.25, -0.2) is 0 Å². The summed E-state index contributed by atoms with van der Waals surface area (Å²) in [5.41, 5.74) is 0. The molecule has 0 aromatic heterocycles. The Hall–Kier alpha value is -0.770. The first kappa shape index (κ1) is 47.3. The Balaban J connectivity index is 2.25. The van der Waals surface area contributed by atoms with Crippen LogP contribution in [0.2, 0.25) is 0 Å². The van der Waals surface area contributed by atoms with E-state index in [1.165, 1.54) is 148 Å². The lowest BCUT2D eigenvalue weighted by Crippen LogP contribution is -2.39. The van der Waals surface area contributed by atoms with Gasteiger partial charge in [0.25, 0.3) is 0 Å². The molecule has 0 aliphatic heterocycles. The fourth-order valence-corrected chi connectivity index (χ4v) is 7.04. The van der Waals surface area contributed by atoms with Crippen molar-refractivity contribution in [3.8, 4) is 0 Å². The third-order valence-electron chi connectivity index (χ3n) is 10.6. The van der Waals surface area contributed by atoms with Crippen molar-refractivity contribution in [2.24, 2.45) is 5.92 Å². The van der Waals surface area contributed by atoms with Crippen LogP contribution in [0.4, 0.5) is 0 Å². The molecule has 50 heavy (non-hydrogen) atoms. The highest BCUT2D eigenvalue weighted by Gasteiger charge is 2.49. The van der Waals surface area contributed by atoms with Crippen LogP contribution in [0, 0.1) is 5.92 Å². The molecule has 1 saturated carbocycles. The van der Waals surface area contributed by atoms with Gasteiger partial charge in [0.1, 0.15) is 36.6 Å². The molecule has 4 N–H and O–H groups in total. The summed E-state index contributed by atoms with van der Waals surface area (Å²) in [5.74, 6) is 0.247. The normalized spacial score (nSPS) is 21.9. The van der Waals surface area contributed by atoms with Crippen LogP contribution >= 0.6 is 0 Å². The molecule has 0 aromatic rings. The Bertz CT molecular complexity index is 737. The van der Waals surface area contributed by atoms with Crippen molar-refractivity contribution in [3.63, 3.8) is 0 Å². The Morgan fingerprint density at radius 2 is 0.920 bits per heavy atom. The summed E-state index contributed by atoms with van der Waals surface area (Å²) in [4.78, 5) is 12.7. The van der Waals surface area contributed by atoms with E-state index in [0.717, 1.165) is 25.7 Å². The van der Waals surface area contributed by atoms with E-state index in [0.29, 0.717) is 18.9 Å². The maximum Gasteiger partial charge on any atom is 0.306 e. The fraction of sp³-hybridized carbons (Fsp3) is 0.976. The SMILES string of the molecule is CCCCCCCCCCCCCCCCC(=O)OC(COCCC(C)CCCCCCCCCCCCC)COC1[C@@H](O)[C@@H](O)[C@@H](O)[C@H]1O. The largest absolute Gasteiger partial charge is 0.457 e. The minimum absolute atomic E-state index is 0.100. The van der Waals surface area contributed by atoms with Gasteiger partial charge in [-0.05, 0) is 18.8 Å². The minimum atomic E-state index is -1.49. The van der Waals surface area contributed by atoms with Gasteiger partial charge in [0, 0.05) is 13.0 Å². The van der Waals surface area contributed by atoms with Gasteiger partial charge in [-0.15, -0.1) is 0 Å². The quantitative estimate of drug-likeness (QED) is 0.0374. The zero-order valence-corrected chi connectivity index (χ0v) is 32.9. The number of aliphatic hydroxyl groups excluding tert-OH is 4. The number of aliphatic hydroxyl groups is 4. The van der Waals surface area contributed by atoms with E-state index in [9.17, 15) is 25.2 Å². The second-order valence-electron chi connectivity index (χ2n) is 15.5. The molecule has 0 heterocycles. The van der Waals surface area contributed by atoms with Gasteiger partial charge >= 0.3 is 5.97 Å². The first-order valence-corrected chi connectivity index (χ1v) is 21.4. The highest BCUT2D eigenvalue weighted by Crippen LogP contribution is 2.25. The number of unbranched alkanes of at least 4 members (excludes halogenated alkanes) is 23. The molecule has 8 nitrogen and oxygen atoms in total. The first-order valence-electron chi connectivity index (χ1n) is 21.4. The average molecular weight is 715 g/mol. The van der Waals surface area contributed by atoms with E-state index < -0.39 is 36.6 Å². The topological polar surface area (TPSA) is 126 Å². The van der Waals surface area contributed by atoms with E-state index in [1.54, 1.807) is 0 Å². The molecule has 0 radical (unpaired) electrons. The Morgan fingerprint density at radius 1 is 0.520 bits per heavy atom. The number of carbonyl (C=O) groups is 1. The highest BCUT2D eigenvalue weighted by atomic mass is 16.6. The van der Waals surface area contributed by atoms with Crippen molar-refractivity contribution in [2.75, 3.05) is 19.8 Å². The predicted octanol–water partition coefficient (Wildman–Crippen LogP) is 9.36. The van der Waals surface area contributed by atoms with Crippen molar-refractivity contribution in [1.29, 1.82) is 0 Å². The molecule has 1 aliphatic carbocycles. The molecule has 298 valence electrons. The minimum Gasteiger partial charge on any atom is -0.457 e. The van der Waals surface area contributed by atoms with Crippen molar-refractivity contribution in [2.45, 2.75) is 237 Å². The second kappa shape index (κ2) is 32.8. The van der Waals surface area contributed by atoms with Crippen LogP contribution in [0.3, 0.4) is 0 Å². The summed E-state index contributed by atoms with van der Waals surface area (Å²) in [7, 11) is 0. The van der Waals surface area contributed by atoms with Gasteiger partial charge in [-0.3, -0.25) is 4.79 Å². The molecule has 7 atom stereocenters. The number of carbonyl (C=O) groups excluding carboxylic acids is 1. The van der Waals surface area contributed by atoms with E-state index in [1.807, 2.05) is 0 Å². The summed E-state index contributed by atoms with van der Waals surface area (Å²) in [6, 6.07) is 0. The van der Waals surface area contributed by atoms with Crippen LogP contribution < -0.4 is 0 Å². The number of esters is 1. The zero-order chi connectivity index (χ0) is 36.7. The number of hydrogen-bond donors (Lipinski definition) is 4. The monoisotopic (exact) mass is 715 g/mol. The van der Waals surface area contributed by atoms with Crippen LogP contribution in [0.5, 0.6) is 0 Å². The molecule has 0 amide bonds. The number of ether oxygens (including phenoxy) is 3. The Kier molecular flexibility index (Phi) is 31.0. The molecule has 0 aromatic carbocycles. The molecule has 0 bridgehead atoms. The summed E-state index contributed by atoms with van der Waals surface area (Å²) < 4.78 is 17.3. The molecule has 0 spiro atoms. The summed E-state index contributed by atoms with van der Waals surface area (Å²) in [5, 5.41) is 40.2. The lowest BCUT2D eigenvalue weighted by molar-refractivity contribution is -0.163. The van der Waals surface area contributed by atoms with Gasteiger partial charge < -0.3 is 34.6 Å². The van der Waals surface area contributed by atoms with E-state index in [-0.39, 0.29) is 19.2 Å². The van der Waals surface area contributed by atoms with Crippen molar-refractivity contribution >= 4 is 5.97 Å². The Morgan fingerprint density at radius 3 is 1.36 bits per heavy atom. The van der Waals surface area contributed by atoms with Crippen LogP contribution in [-0.2, 0) is 19.0 Å². The Labute approximate surface area is 307 Å². The van der Waals surface area contributed by atoms with Crippen LogP contribution in [0.1, 0.15) is 201 Å². The number of rotatable bonds is 36. The molecule has 0 saturated heterocycles. The summed E-state index contributed by atoms with van der Waals surface area (Å²) in [6.07, 6.45) is 27.1. The second-order valence-corrected chi connectivity index (χ2v) is 15.5. The van der Waals surface area contributed by atoms with Gasteiger partial charge in [-0.2, -0.15) is 0 Å². The van der Waals surface area contributed by atoms with Crippen LogP contribution in [0.15, 0.2) is 0 Å². The molecule has 1 rings (SSSR count). The molecule has 1 aliphatic rings. The average Bonchev–Trinajstić information content (AvgIpc) is 3.29. The first-order chi connectivity index (χ1) is 24.3. The predicted molar refractivity (Wildman–Crippen MR) is 204 cm³/mol. The van der Waals surface area contributed by atoms with Gasteiger partial charge in [0.2, 0.25) is 0 Å². The van der Waals surface area contributed by atoms with Crippen molar-refractivity contribution in [1.82, 2.24) is 0 Å². The van der Waals surface area contributed by atoms with E-state index >= 15 is 0 Å². The molecule has 8 heteroatoms. The summed E-state index contributed by atoms with van der Waals surface area (Å²) >= 11 is 0. The molecular weight excluding hydrogens is 632 g/mol. The zero-order valence-electron chi connectivity index (χ0n) is 32.9. The van der Waals surface area contributed by atoms with Gasteiger partial charge in [0.15, 0.2) is 0 Å². The fourth-order valence-electron chi connectivity index (χ4n) is 7.04. The number of hydrogen-bond acceptors (Lipinski definition) is 8. The third kappa shape index (κ3) is 24.5. The third-order valence-corrected chi connectivity index (χ3v) is 10.6. The molecular formula is C42H82O8. The molecule has 3 unspecified atom stereocenters. The van der Waals surface area contributed by atoms with E-state index in [4.69, 9.17) is 14.2 Å². The van der Waals surface area contributed by atoms with Crippen molar-refractivity contribution in [3.05, 3.63) is 0 Å². The maximum absolute atomic E-state index is 12.7. The maximum atomic E-state index is 12.7. The lowest BCUT2D eigenvalue weighted by atomic mass is 9.99. The van der Waals surface area contributed by atoms with Crippen LogP contribution in [0.25, 0.3) is 0 Å². The van der Waals surface area contributed by atoms with E-state index in [2.05, 4.69) is 20.8 Å². The lowest BCUT2D eigenvalue weighted by Gasteiger charge is -2.24. The van der Waals surface area contributed by atoms with Gasteiger partial charge in [0.05, 0.1) is 13.2 Å². The smallest absolute Gasteiger partial charge is 0.306 e.